The molecule has 13 heavy (non-hydrogen) atoms. The molecule has 1 unspecified atom stereocenters. The lowest BCUT2D eigenvalue weighted by Crippen LogP contribution is -2.34. The van der Waals surface area contributed by atoms with E-state index in [2.05, 4.69) is 16.6 Å². The number of carbonyl (C=O) groups is 1. The van der Waals surface area contributed by atoms with Gasteiger partial charge < -0.3 is 14.4 Å². The highest BCUT2D eigenvalue weighted by molar-refractivity contribution is 5.69. The molecule has 0 spiro atoms. The van der Waals surface area contributed by atoms with Gasteiger partial charge in [0.1, 0.15) is 0 Å². The third-order valence-corrected chi connectivity index (χ3v) is 2.06. The standard InChI is InChI=1S/C9H19NO3/c1-8(7-12-3)10(2)6-5-9(11)13-4/h8H,5-7H2,1-4H3. The Bertz CT molecular complexity index is 150. The first-order valence-corrected chi connectivity index (χ1v) is 4.37. The van der Waals surface area contributed by atoms with Gasteiger partial charge in [0.15, 0.2) is 0 Å². The maximum Gasteiger partial charge on any atom is 0.306 e. The molecule has 0 aliphatic heterocycles. The van der Waals surface area contributed by atoms with E-state index in [0.29, 0.717) is 25.6 Å². The highest BCUT2D eigenvalue weighted by Crippen LogP contribution is 1.97. The average Bonchev–Trinajstić information content (AvgIpc) is 2.13. The van der Waals surface area contributed by atoms with Crippen LogP contribution < -0.4 is 0 Å². The van der Waals surface area contributed by atoms with Gasteiger partial charge in [-0.05, 0) is 14.0 Å². The van der Waals surface area contributed by atoms with E-state index in [0.717, 1.165) is 0 Å². The van der Waals surface area contributed by atoms with Gasteiger partial charge in [-0.15, -0.1) is 0 Å². The SMILES string of the molecule is COCC(C)N(C)CCC(=O)OC. The number of hydrogen-bond donors (Lipinski definition) is 0. The summed E-state index contributed by atoms with van der Waals surface area (Å²) >= 11 is 0. The highest BCUT2D eigenvalue weighted by atomic mass is 16.5. The van der Waals surface area contributed by atoms with Crippen molar-refractivity contribution in [3.05, 3.63) is 0 Å². The van der Waals surface area contributed by atoms with Crippen molar-refractivity contribution in [1.29, 1.82) is 0 Å². The summed E-state index contributed by atoms with van der Waals surface area (Å²) in [5.41, 5.74) is 0. The van der Waals surface area contributed by atoms with Crippen LogP contribution in [0, 0.1) is 0 Å². The second kappa shape index (κ2) is 6.86. The zero-order chi connectivity index (χ0) is 10.3. The first-order chi connectivity index (χ1) is 6.11. The normalized spacial score (nSPS) is 13.0. The van der Waals surface area contributed by atoms with E-state index < -0.39 is 0 Å². The van der Waals surface area contributed by atoms with E-state index in [1.165, 1.54) is 7.11 Å². The maximum absolute atomic E-state index is 10.8. The Labute approximate surface area is 79.8 Å². The Morgan fingerprint density at radius 3 is 2.54 bits per heavy atom. The fourth-order valence-electron chi connectivity index (χ4n) is 0.959. The van der Waals surface area contributed by atoms with Gasteiger partial charge in [0.05, 0.1) is 20.1 Å². The van der Waals surface area contributed by atoms with Crippen LogP contribution in [0.4, 0.5) is 0 Å². The molecule has 0 radical (unpaired) electrons. The van der Waals surface area contributed by atoms with Crippen LogP contribution in [0.3, 0.4) is 0 Å². The van der Waals surface area contributed by atoms with Gasteiger partial charge in [-0.2, -0.15) is 0 Å². The molecule has 4 nitrogen and oxygen atoms in total. The second-order valence-electron chi connectivity index (χ2n) is 3.11. The van der Waals surface area contributed by atoms with Crippen molar-refractivity contribution in [3.8, 4) is 0 Å². The summed E-state index contributed by atoms with van der Waals surface area (Å²) in [6.07, 6.45) is 0.432. The van der Waals surface area contributed by atoms with Crippen molar-refractivity contribution >= 4 is 5.97 Å². The first kappa shape index (κ1) is 12.4. The molecule has 0 aromatic heterocycles. The molecular formula is C9H19NO3. The number of likely N-dealkylation sites (N-methyl/N-ethyl adjacent to an activating group) is 1. The van der Waals surface area contributed by atoms with Crippen LogP contribution in [-0.4, -0.2) is 51.3 Å². The Morgan fingerprint density at radius 1 is 1.46 bits per heavy atom. The number of nitrogens with zero attached hydrogens (tertiary/aromatic N) is 1. The van der Waals surface area contributed by atoms with Crippen molar-refractivity contribution in [1.82, 2.24) is 4.90 Å². The van der Waals surface area contributed by atoms with Crippen LogP contribution in [0.5, 0.6) is 0 Å². The molecule has 0 N–H and O–H groups in total. The van der Waals surface area contributed by atoms with Gasteiger partial charge in [-0.3, -0.25) is 4.79 Å². The smallest absolute Gasteiger partial charge is 0.306 e. The molecule has 0 heterocycles. The summed E-state index contributed by atoms with van der Waals surface area (Å²) < 4.78 is 9.54. The third kappa shape index (κ3) is 5.60. The van der Waals surface area contributed by atoms with Gasteiger partial charge in [-0.25, -0.2) is 0 Å². The fourth-order valence-corrected chi connectivity index (χ4v) is 0.959. The van der Waals surface area contributed by atoms with Gasteiger partial charge in [0.25, 0.3) is 0 Å². The Morgan fingerprint density at radius 2 is 2.08 bits per heavy atom. The van der Waals surface area contributed by atoms with Gasteiger partial charge in [0.2, 0.25) is 0 Å². The number of methoxy groups -OCH3 is 2. The second-order valence-corrected chi connectivity index (χ2v) is 3.11. The summed E-state index contributed by atoms with van der Waals surface area (Å²) in [5, 5.41) is 0. The molecule has 0 aliphatic carbocycles. The van der Waals surface area contributed by atoms with E-state index in [4.69, 9.17) is 4.74 Å². The molecule has 0 bridgehead atoms. The molecule has 1 atom stereocenters. The van der Waals surface area contributed by atoms with Crippen molar-refractivity contribution in [2.45, 2.75) is 19.4 Å². The van der Waals surface area contributed by atoms with E-state index in [1.807, 2.05) is 7.05 Å². The predicted octanol–water partition coefficient (Wildman–Crippen LogP) is 0.516. The van der Waals surface area contributed by atoms with Crippen LogP contribution in [0.25, 0.3) is 0 Å². The predicted molar refractivity (Wildman–Crippen MR) is 50.6 cm³/mol. The molecule has 4 heteroatoms. The lowest BCUT2D eigenvalue weighted by molar-refractivity contribution is -0.141. The average molecular weight is 189 g/mol. The number of ether oxygens (including phenoxy) is 2. The van der Waals surface area contributed by atoms with Crippen molar-refractivity contribution in [2.75, 3.05) is 34.4 Å². The van der Waals surface area contributed by atoms with E-state index in [-0.39, 0.29) is 5.97 Å². The molecule has 0 saturated heterocycles. The Hall–Kier alpha value is -0.610. The molecule has 0 aromatic rings. The molecule has 0 saturated carbocycles. The fraction of sp³-hybridized carbons (Fsp3) is 0.889. The molecule has 0 amide bonds. The molecule has 0 aliphatic rings. The monoisotopic (exact) mass is 189 g/mol. The molecular weight excluding hydrogens is 170 g/mol. The van der Waals surface area contributed by atoms with Crippen LogP contribution in [0.15, 0.2) is 0 Å². The summed E-state index contributed by atoms with van der Waals surface area (Å²) in [6, 6.07) is 0.328. The molecule has 0 aromatic carbocycles. The number of esters is 1. The van der Waals surface area contributed by atoms with Crippen molar-refractivity contribution < 1.29 is 14.3 Å². The largest absolute Gasteiger partial charge is 0.469 e. The zero-order valence-electron chi connectivity index (χ0n) is 8.87. The zero-order valence-corrected chi connectivity index (χ0v) is 8.87. The summed E-state index contributed by atoms with van der Waals surface area (Å²) in [6.45, 7) is 3.44. The lowest BCUT2D eigenvalue weighted by atomic mass is 10.3. The minimum atomic E-state index is -0.170. The van der Waals surface area contributed by atoms with Gasteiger partial charge in [0, 0.05) is 19.7 Å². The van der Waals surface area contributed by atoms with Crippen molar-refractivity contribution in [3.63, 3.8) is 0 Å². The van der Waals surface area contributed by atoms with Gasteiger partial charge >= 0.3 is 5.97 Å². The molecule has 0 rings (SSSR count). The summed E-state index contributed by atoms with van der Waals surface area (Å²) in [7, 11) is 5.04. The minimum Gasteiger partial charge on any atom is -0.469 e. The number of hydrogen-bond acceptors (Lipinski definition) is 4. The highest BCUT2D eigenvalue weighted by Gasteiger charge is 2.10. The Balaban J connectivity index is 3.60. The number of rotatable bonds is 6. The first-order valence-electron chi connectivity index (χ1n) is 4.37. The van der Waals surface area contributed by atoms with Crippen LogP contribution in [0.1, 0.15) is 13.3 Å². The number of carbonyl (C=O) groups excluding carboxylic acids is 1. The van der Waals surface area contributed by atoms with E-state index in [9.17, 15) is 4.79 Å². The van der Waals surface area contributed by atoms with E-state index in [1.54, 1.807) is 7.11 Å². The van der Waals surface area contributed by atoms with Gasteiger partial charge in [-0.1, -0.05) is 0 Å². The molecule has 0 fully saturated rings. The van der Waals surface area contributed by atoms with Crippen LogP contribution >= 0.6 is 0 Å². The van der Waals surface area contributed by atoms with Crippen LogP contribution in [-0.2, 0) is 14.3 Å². The third-order valence-electron chi connectivity index (χ3n) is 2.06. The maximum atomic E-state index is 10.8. The Kier molecular flexibility index (Phi) is 6.54. The lowest BCUT2D eigenvalue weighted by Gasteiger charge is -2.23. The minimum absolute atomic E-state index is 0.170. The topological polar surface area (TPSA) is 38.8 Å². The summed E-state index contributed by atoms with van der Waals surface area (Å²) in [5.74, 6) is -0.170. The molecule has 78 valence electrons. The quantitative estimate of drug-likeness (QED) is 0.571. The van der Waals surface area contributed by atoms with Crippen molar-refractivity contribution in [2.24, 2.45) is 0 Å². The van der Waals surface area contributed by atoms with Crippen LogP contribution in [0.2, 0.25) is 0 Å². The van der Waals surface area contributed by atoms with E-state index >= 15 is 0 Å². The summed E-state index contributed by atoms with van der Waals surface area (Å²) in [4.78, 5) is 12.9.